The lowest BCUT2D eigenvalue weighted by atomic mass is 10.2. The molecule has 0 unspecified atom stereocenters. The number of pyridine rings is 2. The average Bonchev–Trinajstić information content (AvgIpc) is 3.46. The van der Waals surface area contributed by atoms with Crippen molar-refractivity contribution in [1.29, 1.82) is 0 Å². The Kier molecular flexibility index (Phi) is 3.99. The third-order valence-electron chi connectivity index (χ3n) is 4.99. The third-order valence-corrected chi connectivity index (χ3v) is 6.84. The zero-order valence-electron chi connectivity index (χ0n) is 14.8. The van der Waals surface area contributed by atoms with Crippen LogP contribution in [0.3, 0.4) is 0 Å². The Morgan fingerprint density at radius 1 is 1.14 bits per heavy atom. The molecule has 0 aliphatic carbocycles. The molecule has 0 radical (unpaired) electrons. The van der Waals surface area contributed by atoms with Crippen LogP contribution in [-0.2, 0) is 10.0 Å². The summed E-state index contributed by atoms with van der Waals surface area (Å²) < 4.78 is 34.7. The smallest absolute Gasteiger partial charge is 0.244 e. The Balaban J connectivity index is 1.55. The van der Waals surface area contributed by atoms with E-state index >= 15 is 0 Å². The highest BCUT2D eigenvalue weighted by Crippen LogP contribution is 2.34. The molecule has 0 bridgehead atoms. The summed E-state index contributed by atoms with van der Waals surface area (Å²) in [5.41, 5.74) is 2.35. The predicted octanol–water partition coefficient (Wildman–Crippen LogP) is 2.72. The highest BCUT2D eigenvalue weighted by atomic mass is 32.2. The van der Waals surface area contributed by atoms with Crippen molar-refractivity contribution in [2.75, 3.05) is 13.1 Å². The van der Waals surface area contributed by atoms with Gasteiger partial charge in [0.25, 0.3) is 0 Å². The molecule has 0 aromatic carbocycles. The number of hydrogen-bond donors (Lipinski definition) is 0. The van der Waals surface area contributed by atoms with Gasteiger partial charge in [0.05, 0.1) is 17.9 Å². The molecule has 0 amide bonds. The van der Waals surface area contributed by atoms with Gasteiger partial charge in [-0.05, 0) is 36.8 Å². The van der Waals surface area contributed by atoms with Crippen molar-refractivity contribution in [2.24, 2.45) is 0 Å². The summed E-state index contributed by atoms with van der Waals surface area (Å²) >= 11 is 0. The molecular weight excluding hydrogens is 378 g/mol. The fourth-order valence-electron chi connectivity index (χ4n) is 3.66. The minimum Gasteiger partial charge on any atom is -0.472 e. The maximum Gasteiger partial charge on any atom is 0.244 e. The number of fused-ring (bicyclic) bond motifs is 1. The van der Waals surface area contributed by atoms with E-state index in [2.05, 4.69) is 9.97 Å². The quantitative estimate of drug-likeness (QED) is 0.527. The number of imidazole rings is 1. The van der Waals surface area contributed by atoms with Gasteiger partial charge in [-0.1, -0.05) is 0 Å². The van der Waals surface area contributed by atoms with E-state index in [4.69, 9.17) is 9.40 Å². The Morgan fingerprint density at radius 2 is 2.04 bits per heavy atom. The molecule has 1 fully saturated rings. The first-order valence-corrected chi connectivity index (χ1v) is 10.3. The minimum atomic E-state index is -3.58. The van der Waals surface area contributed by atoms with Gasteiger partial charge in [-0.3, -0.25) is 4.98 Å². The highest BCUT2D eigenvalue weighted by Gasteiger charge is 2.35. The molecule has 1 atom stereocenters. The van der Waals surface area contributed by atoms with Crippen LogP contribution in [0, 0.1) is 0 Å². The number of rotatable bonds is 4. The van der Waals surface area contributed by atoms with Crippen molar-refractivity contribution >= 4 is 21.2 Å². The first-order valence-electron chi connectivity index (χ1n) is 8.90. The fraction of sp³-hybridized carbons (Fsp3) is 0.211. The van der Waals surface area contributed by atoms with Crippen LogP contribution < -0.4 is 0 Å². The minimum absolute atomic E-state index is 0.0729. The monoisotopic (exact) mass is 395 g/mol. The molecule has 8 nitrogen and oxygen atoms in total. The van der Waals surface area contributed by atoms with Gasteiger partial charge in [-0.15, -0.1) is 0 Å². The summed E-state index contributed by atoms with van der Waals surface area (Å²) in [5, 5.41) is 0. The molecule has 1 aliphatic rings. The van der Waals surface area contributed by atoms with E-state index in [1.807, 2.05) is 22.8 Å². The molecule has 0 spiro atoms. The van der Waals surface area contributed by atoms with Crippen molar-refractivity contribution in [1.82, 2.24) is 23.8 Å². The Hall–Kier alpha value is -3.04. The molecule has 9 heteroatoms. The summed E-state index contributed by atoms with van der Waals surface area (Å²) in [4.78, 5) is 13.3. The summed E-state index contributed by atoms with van der Waals surface area (Å²) in [7, 11) is -3.58. The predicted molar refractivity (Wildman–Crippen MR) is 102 cm³/mol. The Labute approximate surface area is 161 Å². The first kappa shape index (κ1) is 17.1. The normalized spacial score (nSPS) is 18.1. The number of furan rings is 1. The van der Waals surface area contributed by atoms with Gasteiger partial charge in [0.15, 0.2) is 5.65 Å². The molecular formula is C19H17N5O3S. The number of sulfonamides is 1. The van der Waals surface area contributed by atoms with Crippen molar-refractivity contribution in [2.45, 2.75) is 17.4 Å². The Morgan fingerprint density at radius 3 is 2.82 bits per heavy atom. The first-order chi connectivity index (χ1) is 13.6. The lowest BCUT2D eigenvalue weighted by Crippen LogP contribution is -2.29. The summed E-state index contributed by atoms with van der Waals surface area (Å²) in [5.74, 6) is 0.730. The van der Waals surface area contributed by atoms with Crippen molar-refractivity contribution in [3.63, 3.8) is 0 Å². The van der Waals surface area contributed by atoms with Crippen LogP contribution in [-0.4, -0.2) is 45.3 Å². The van der Waals surface area contributed by atoms with Crippen molar-refractivity contribution in [3.8, 4) is 11.4 Å². The zero-order chi connectivity index (χ0) is 19.1. The number of nitrogens with zero attached hydrogens (tertiary/aromatic N) is 5. The van der Waals surface area contributed by atoms with Crippen molar-refractivity contribution in [3.05, 3.63) is 61.4 Å². The molecule has 0 N–H and O–H groups in total. The molecule has 0 saturated carbocycles. The molecule has 4 aromatic heterocycles. The van der Waals surface area contributed by atoms with E-state index in [1.54, 1.807) is 37.1 Å². The molecule has 5 heterocycles. The van der Waals surface area contributed by atoms with Gasteiger partial charge in [0.2, 0.25) is 10.0 Å². The van der Waals surface area contributed by atoms with E-state index in [0.717, 1.165) is 22.6 Å². The van der Waals surface area contributed by atoms with E-state index in [9.17, 15) is 8.42 Å². The van der Waals surface area contributed by atoms with E-state index < -0.39 is 10.0 Å². The SMILES string of the molecule is O=S(=O)(c1cccnc1)N1CC[C@@H](n2c(-c3ccoc3)nc3cccnc32)C1. The van der Waals surface area contributed by atoms with Crippen LogP contribution in [0.5, 0.6) is 0 Å². The topological polar surface area (TPSA) is 94.1 Å². The third kappa shape index (κ3) is 2.71. The van der Waals surface area contributed by atoms with E-state index in [1.165, 1.54) is 10.5 Å². The fourth-order valence-corrected chi connectivity index (χ4v) is 5.12. The molecule has 5 rings (SSSR count). The number of hydrogen-bond acceptors (Lipinski definition) is 6. The molecule has 4 aromatic rings. The zero-order valence-corrected chi connectivity index (χ0v) is 15.7. The van der Waals surface area contributed by atoms with Gasteiger partial charge in [-0.25, -0.2) is 18.4 Å². The van der Waals surface area contributed by atoms with Crippen LogP contribution in [0.2, 0.25) is 0 Å². The maximum absolute atomic E-state index is 13.0. The van der Waals surface area contributed by atoms with E-state index in [0.29, 0.717) is 19.5 Å². The highest BCUT2D eigenvalue weighted by molar-refractivity contribution is 7.89. The van der Waals surface area contributed by atoms with Gasteiger partial charge in [0.1, 0.15) is 22.5 Å². The van der Waals surface area contributed by atoms with E-state index in [-0.39, 0.29) is 10.9 Å². The standard InChI is InChI=1S/C19H17N5O3S/c25-28(26,16-3-1-7-20-11-16)23-9-5-15(12-23)24-18(14-6-10-27-13-14)22-17-4-2-8-21-19(17)24/h1-4,6-8,10-11,13,15H,5,9,12H2/t15-/m1/s1. The van der Waals surface area contributed by atoms with Crippen LogP contribution in [0.4, 0.5) is 0 Å². The van der Waals surface area contributed by atoms with Gasteiger partial charge >= 0.3 is 0 Å². The summed E-state index contributed by atoms with van der Waals surface area (Å²) in [6.45, 7) is 0.781. The van der Waals surface area contributed by atoms with Crippen LogP contribution in [0.15, 0.2) is 70.8 Å². The van der Waals surface area contributed by atoms with Gasteiger partial charge in [-0.2, -0.15) is 4.31 Å². The Bertz CT molecular complexity index is 1220. The molecule has 142 valence electrons. The lowest BCUT2D eigenvalue weighted by molar-refractivity contribution is 0.455. The lowest BCUT2D eigenvalue weighted by Gasteiger charge is -2.18. The van der Waals surface area contributed by atoms with Crippen LogP contribution in [0.1, 0.15) is 12.5 Å². The van der Waals surface area contributed by atoms with Gasteiger partial charge in [0, 0.05) is 31.7 Å². The summed E-state index contributed by atoms with van der Waals surface area (Å²) in [6, 6.07) is 8.72. The second-order valence-corrected chi connectivity index (χ2v) is 8.60. The van der Waals surface area contributed by atoms with Crippen LogP contribution in [0.25, 0.3) is 22.6 Å². The molecule has 1 saturated heterocycles. The molecule has 1 aliphatic heterocycles. The van der Waals surface area contributed by atoms with Gasteiger partial charge < -0.3 is 8.98 Å². The second-order valence-electron chi connectivity index (χ2n) is 6.66. The molecule has 28 heavy (non-hydrogen) atoms. The average molecular weight is 395 g/mol. The van der Waals surface area contributed by atoms with Crippen LogP contribution >= 0.6 is 0 Å². The maximum atomic E-state index is 13.0. The number of aromatic nitrogens is 4. The summed E-state index contributed by atoms with van der Waals surface area (Å²) in [6.07, 6.45) is 8.57. The second kappa shape index (κ2) is 6.54. The largest absolute Gasteiger partial charge is 0.472 e. The van der Waals surface area contributed by atoms with Crippen molar-refractivity contribution < 1.29 is 12.8 Å².